The van der Waals surface area contributed by atoms with Gasteiger partial charge in [-0.05, 0) is 38.5 Å². The summed E-state index contributed by atoms with van der Waals surface area (Å²) in [6.45, 7) is 9.17. The lowest BCUT2D eigenvalue weighted by Gasteiger charge is -2.09. The summed E-state index contributed by atoms with van der Waals surface area (Å²) < 4.78 is 5.47. The molecule has 0 atom stereocenters. The summed E-state index contributed by atoms with van der Waals surface area (Å²) in [6.07, 6.45) is 0. The molecule has 1 rings (SSSR count). The van der Waals surface area contributed by atoms with Gasteiger partial charge in [-0.25, -0.2) is 4.99 Å². The smallest absolute Gasteiger partial charge is 0.191 e. The van der Waals surface area contributed by atoms with E-state index in [1.165, 1.54) is 0 Å². The Labute approximate surface area is 133 Å². The van der Waals surface area contributed by atoms with E-state index >= 15 is 0 Å². The molecule has 0 unspecified atom stereocenters. The number of nitrogens with one attached hydrogen (secondary N) is 2. The van der Waals surface area contributed by atoms with Crippen molar-refractivity contribution in [2.24, 2.45) is 4.99 Å². The van der Waals surface area contributed by atoms with Crippen LogP contribution in [0.5, 0.6) is 5.75 Å². The lowest BCUT2D eigenvalue weighted by Crippen LogP contribution is -2.36. The van der Waals surface area contributed by atoms with Crippen molar-refractivity contribution in [1.82, 2.24) is 10.6 Å². The van der Waals surface area contributed by atoms with Gasteiger partial charge in [0.1, 0.15) is 5.75 Å². The standard InChI is InChI=1S/C14H23N3O.HI/c1-4-15-14(16-5-2)17-11-12-8-7-9-13(10-12)18-6-3;/h7-10H,4-6,11H2,1-3H3,(H2,15,16,17);1H. The SMILES string of the molecule is CCNC(=NCc1cccc(OCC)c1)NCC.I. The van der Waals surface area contributed by atoms with Gasteiger partial charge in [-0.3, -0.25) is 0 Å². The molecule has 5 heteroatoms. The summed E-state index contributed by atoms with van der Waals surface area (Å²) in [7, 11) is 0. The summed E-state index contributed by atoms with van der Waals surface area (Å²) >= 11 is 0. The van der Waals surface area contributed by atoms with Gasteiger partial charge < -0.3 is 15.4 Å². The van der Waals surface area contributed by atoms with Crippen molar-refractivity contribution in [3.63, 3.8) is 0 Å². The van der Waals surface area contributed by atoms with Crippen LogP contribution in [0.3, 0.4) is 0 Å². The first-order valence-electron chi connectivity index (χ1n) is 6.54. The average Bonchev–Trinajstić information content (AvgIpc) is 2.37. The average molecular weight is 377 g/mol. The number of benzene rings is 1. The van der Waals surface area contributed by atoms with Crippen LogP contribution in [-0.2, 0) is 6.54 Å². The van der Waals surface area contributed by atoms with Crippen molar-refractivity contribution in [3.8, 4) is 5.75 Å². The molecule has 0 radical (unpaired) electrons. The van der Waals surface area contributed by atoms with Crippen LogP contribution < -0.4 is 15.4 Å². The van der Waals surface area contributed by atoms with Crippen LogP contribution in [0.2, 0.25) is 0 Å². The van der Waals surface area contributed by atoms with Gasteiger partial charge in [0, 0.05) is 13.1 Å². The van der Waals surface area contributed by atoms with Gasteiger partial charge >= 0.3 is 0 Å². The number of aliphatic imine (C=N–C) groups is 1. The number of ether oxygens (including phenoxy) is 1. The Morgan fingerprint density at radius 3 is 2.42 bits per heavy atom. The predicted octanol–water partition coefficient (Wildman–Crippen LogP) is 2.78. The van der Waals surface area contributed by atoms with Gasteiger partial charge in [-0.15, -0.1) is 24.0 Å². The first-order valence-corrected chi connectivity index (χ1v) is 6.54. The zero-order chi connectivity index (χ0) is 13.2. The second kappa shape index (κ2) is 10.9. The maximum Gasteiger partial charge on any atom is 0.191 e. The molecule has 0 aromatic heterocycles. The van der Waals surface area contributed by atoms with Crippen LogP contribution in [0.4, 0.5) is 0 Å². The van der Waals surface area contributed by atoms with Crippen LogP contribution in [0.15, 0.2) is 29.3 Å². The number of rotatable bonds is 6. The maximum atomic E-state index is 5.47. The topological polar surface area (TPSA) is 45.7 Å². The fourth-order valence-corrected chi connectivity index (χ4v) is 1.58. The molecule has 0 aliphatic heterocycles. The molecule has 0 aliphatic carbocycles. The Morgan fingerprint density at radius 2 is 1.84 bits per heavy atom. The van der Waals surface area contributed by atoms with Crippen molar-refractivity contribution in [1.29, 1.82) is 0 Å². The molecule has 108 valence electrons. The normalized spacial score (nSPS) is 9.21. The minimum Gasteiger partial charge on any atom is -0.494 e. The molecule has 0 saturated carbocycles. The van der Waals surface area contributed by atoms with Gasteiger partial charge in [0.15, 0.2) is 5.96 Å². The van der Waals surface area contributed by atoms with Crippen LogP contribution in [0, 0.1) is 0 Å². The summed E-state index contributed by atoms with van der Waals surface area (Å²) in [5, 5.41) is 6.40. The largest absolute Gasteiger partial charge is 0.494 e. The van der Waals surface area contributed by atoms with Crippen molar-refractivity contribution < 1.29 is 4.74 Å². The lowest BCUT2D eigenvalue weighted by molar-refractivity contribution is 0.340. The number of nitrogens with zero attached hydrogens (tertiary/aromatic N) is 1. The molecule has 2 N–H and O–H groups in total. The molecule has 0 aliphatic rings. The molecule has 1 aromatic carbocycles. The Hall–Kier alpha value is -0.980. The Bertz CT molecular complexity index is 375. The van der Waals surface area contributed by atoms with Crippen LogP contribution in [0.25, 0.3) is 0 Å². The van der Waals surface area contributed by atoms with E-state index in [0.29, 0.717) is 13.2 Å². The van der Waals surface area contributed by atoms with Crippen molar-refractivity contribution in [3.05, 3.63) is 29.8 Å². The molecule has 0 spiro atoms. The first-order chi connectivity index (χ1) is 8.80. The summed E-state index contributed by atoms with van der Waals surface area (Å²) in [6, 6.07) is 8.05. The highest BCUT2D eigenvalue weighted by Gasteiger charge is 1.97. The Balaban J connectivity index is 0.00000324. The molecule has 4 nitrogen and oxygen atoms in total. The molecular formula is C14H24IN3O. The van der Waals surface area contributed by atoms with E-state index in [9.17, 15) is 0 Å². The molecule has 0 saturated heterocycles. The molecule has 0 fully saturated rings. The second-order valence-electron chi connectivity index (χ2n) is 3.81. The fraction of sp³-hybridized carbons (Fsp3) is 0.500. The third-order valence-electron chi connectivity index (χ3n) is 2.32. The van der Waals surface area contributed by atoms with E-state index in [1.807, 2.05) is 25.1 Å². The van der Waals surface area contributed by atoms with E-state index in [0.717, 1.165) is 30.4 Å². The van der Waals surface area contributed by atoms with Gasteiger partial charge in [0.2, 0.25) is 0 Å². The predicted molar refractivity (Wildman–Crippen MR) is 91.5 cm³/mol. The number of hydrogen-bond donors (Lipinski definition) is 2. The van der Waals surface area contributed by atoms with Crippen molar-refractivity contribution >= 4 is 29.9 Å². The quantitative estimate of drug-likeness (QED) is 0.455. The van der Waals surface area contributed by atoms with Gasteiger partial charge in [0.05, 0.1) is 13.2 Å². The summed E-state index contributed by atoms with van der Waals surface area (Å²) in [5.41, 5.74) is 1.15. The van der Waals surface area contributed by atoms with Crippen molar-refractivity contribution in [2.75, 3.05) is 19.7 Å². The number of hydrogen-bond acceptors (Lipinski definition) is 2. The zero-order valence-electron chi connectivity index (χ0n) is 11.9. The minimum absolute atomic E-state index is 0. The molecule has 0 amide bonds. The van der Waals surface area contributed by atoms with Gasteiger partial charge in [-0.1, -0.05) is 12.1 Å². The fourth-order valence-electron chi connectivity index (χ4n) is 1.58. The van der Waals surface area contributed by atoms with Crippen LogP contribution in [0.1, 0.15) is 26.3 Å². The van der Waals surface area contributed by atoms with Crippen LogP contribution >= 0.6 is 24.0 Å². The van der Waals surface area contributed by atoms with E-state index < -0.39 is 0 Å². The van der Waals surface area contributed by atoms with Gasteiger partial charge in [0.25, 0.3) is 0 Å². The van der Waals surface area contributed by atoms with Crippen LogP contribution in [-0.4, -0.2) is 25.7 Å². The number of guanidine groups is 1. The summed E-state index contributed by atoms with van der Waals surface area (Å²) in [5.74, 6) is 1.75. The van der Waals surface area contributed by atoms with Crippen molar-refractivity contribution in [2.45, 2.75) is 27.3 Å². The van der Waals surface area contributed by atoms with E-state index in [-0.39, 0.29) is 24.0 Å². The van der Waals surface area contributed by atoms with E-state index in [1.54, 1.807) is 0 Å². The monoisotopic (exact) mass is 377 g/mol. The number of halogens is 1. The second-order valence-corrected chi connectivity index (χ2v) is 3.81. The molecule has 1 aromatic rings. The van der Waals surface area contributed by atoms with E-state index in [2.05, 4.69) is 35.5 Å². The third kappa shape index (κ3) is 7.25. The summed E-state index contributed by atoms with van der Waals surface area (Å²) in [4.78, 5) is 4.51. The highest BCUT2D eigenvalue weighted by atomic mass is 127. The molecule has 0 heterocycles. The molecule has 19 heavy (non-hydrogen) atoms. The lowest BCUT2D eigenvalue weighted by atomic mass is 10.2. The zero-order valence-corrected chi connectivity index (χ0v) is 14.2. The highest BCUT2D eigenvalue weighted by molar-refractivity contribution is 14.0. The maximum absolute atomic E-state index is 5.47. The Kier molecular flexibility index (Phi) is 10.3. The van der Waals surface area contributed by atoms with E-state index in [4.69, 9.17) is 4.74 Å². The third-order valence-corrected chi connectivity index (χ3v) is 2.32. The molecular weight excluding hydrogens is 353 g/mol. The molecule has 0 bridgehead atoms. The Morgan fingerprint density at radius 1 is 1.16 bits per heavy atom. The van der Waals surface area contributed by atoms with Gasteiger partial charge in [-0.2, -0.15) is 0 Å². The highest BCUT2D eigenvalue weighted by Crippen LogP contribution is 2.13. The minimum atomic E-state index is 0. The first kappa shape index (κ1) is 18.0.